The summed E-state index contributed by atoms with van der Waals surface area (Å²) in [5, 5.41) is 4.01. The highest BCUT2D eigenvalue weighted by atomic mass is 16.5. The van der Waals surface area contributed by atoms with E-state index in [-0.39, 0.29) is 12.1 Å². The van der Waals surface area contributed by atoms with Crippen molar-refractivity contribution in [3.05, 3.63) is 11.7 Å². The number of carbonyl (C=O) groups is 1. The second-order valence-corrected chi connectivity index (χ2v) is 5.52. The molecule has 0 aromatic carbocycles. The first-order chi connectivity index (χ1) is 9.20. The second-order valence-electron chi connectivity index (χ2n) is 5.52. The summed E-state index contributed by atoms with van der Waals surface area (Å²) in [6.07, 6.45) is 4.94. The summed E-state index contributed by atoms with van der Waals surface area (Å²) in [4.78, 5) is 17.5. The normalized spacial score (nSPS) is 23.7. The highest BCUT2D eigenvalue weighted by Crippen LogP contribution is 2.35. The van der Waals surface area contributed by atoms with Gasteiger partial charge in [0.2, 0.25) is 5.89 Å². The largest absolute Gasteiger partial charge is 0.461 e. The maximum Gasteiger partial charge on any atom is 0.306 e. The van der Waals surface area contributed by atoms with E-state index >= 15 is 0 Å². The lowest BCUT2D eigenvalue weighted by molar-refractivity contribution is -0.141. The van der Waals surface area contributed by atoms with Crippen molar-refractivity contribution in [1.29, 1.82) is 0 Å². The molecule has 3 rings (SSSR count). The molecule has 1 aliphatic heterocycles. The minimum atomic E-state index is -0.0924. The number of cyclic esters (lactones) is 1. The molecule has 0 bridgehead atoms. The summed E-state index contributed by atoms with van der Waals surface area (Å²) in [5.41, 5.74) is 0. The number of esters is 1. The number of hydrogen-bond acceptors (Lipinski definition) is 6. The van der Waals surface area contributed by atoms with Gasteiger partial charge in [0.1, 0.15) is 6.10 Å². The minimum Gasteiger partial charge on any atom is -0.461 e. The summed E-state index contributed by atoms with van der Waals surface area (Å²) >= 11 is 0. The fraction of sp³-hybridized carbons (Fsp3) is 0.769. The van der Waals surface area contributed by atoms with Gasteiger partial charge >= 0.3 is 5.97 Å². The Balaban J connectivity index is 1.49. The van der Waals surface area contributed by atoms with Crippen molar-refractivity contribution >= 4 is 5.97 Å². The predicted molar refractivity (Wildman–Crippen MR) is 66.3 cm³/mol. The van der Waals surface area contributed by atoms with Gasteiger partial charge in [-0.1, -0.05) is 11.6 Å². The van der Waals surface area contributed by atoms with Crippen LogP contribution in [0.2, 0.25) is 0 Å². The number of hydrogen-bond donors (Lipinski definition) is 0. The van der Waals surface area contributed by atoms with Crippen LogP contribution >= 0.6 is 0 Å². The molecule has 2 aliphatic rings. The first-order valence-corrected chi connectivity index (χ1v) is 6.91. The first kappa shape index (κ1) is 12.6. The number of carbonyl (C=O) groups excluding carboxylic acids is 1. The molecule has 1 aromatic heterocycles. The number of rotatable bonds is 5. The predicted octanol–water partition coefficient (Wildman–Crippen LogP) is 1.47. The molecular weight excluding hydrogens is 246 g/mol. The molecule has 0 amide bonds. The number of ether oxygens (including phenoxy) is 1. The van der Waals surface area contributed by atoms with Crippen LogP contribution in [0.25, 0.3) is 0 Å². The van der Waals surface area contributed by atoms with Crippen molar-refractivity contribution in [1.82, 2.24) is 15.0 Å². The molecule has 6 nitrogen and oxygen atoms in total. The quantitative estimate of drug-likeness (QED) is 0.751. The third-order valence-electron chi connectivity index (χ3n) is 3.83. The van der Waals surface area contributed by atoms with Gasteiger partial charge in [-0.2, -0.15) is 4.98 Å². The van der Waals surface area contributed by atoms with Crippen LogP contribution < -0.4 is 0 Å². The van der Waals surface area contributed by atoms with E-state index in [1.54, 1.807) is 0 Å². The number of likely N-dealkylation sites (N-methyl/N-ethyl adjacent to an activating group) is 1. The average Bonchev–Trinajstić information content (AvgIpc) is 2.86. The van der Waals surface area contributed by atoms with Gasteiger partial charge in [0.15, 0.2) is 5.82 Å². The first-order valence-electron chi connectivity index (χ1n) is 6.91. The Bertz CT molecular complexity index is 456. The van der Waals surface area contributed by atoms with E-state index in [1.165, 1.54) is 6.42 Å². The molecule has 1 saturated carbocycles. The molecule has 2 fully saturated rings. The van der Waals surface area contributed by atoms with Crippen molar-refractivity contribution in [2.75, 3.05) is 13.6 Å². The van der Waals surface area contributed by atoms with Gasteiger partial charge in [-0.25, -0.2) is 0 Å². The average molecular weight is 265 g/mol. The summed E-state index contributed by atoms with van der Waals surface area (Å²) in [5.74, 6) is 1.88. The SMILES string of the molecule is CN(Cc1noc(C2CCC2)n1)C[C@H]1CCC(=O)O1. The van der Waals surface area contributed by atoms with E-state index in [2.05, 4.69) is 15.0 Å². The van der Waals surface area contributed by atoms with Crippen LogP contribution in [0.15, 0.2) is 4.52 Å². The second kappa shape index (κ2) is 5.28. The standard InChI is InChI=1S/C13H19N3O3/c1-16(7-10-5-6-12(17)18-10)8-11-14-13(19-15-11)9-3-2-4-9/h9-10H,2-8H2,1H3/t10-/m1/s1. The Labute approximate surface area is 112 Å². The zero-order valence-electron chi connectivity index (χ0n) is 11.2. The van der Waals surface area contributed by atoms with Gasteiger partial charge < -0.3 is 9.26 Å². The molecule has 6 heteroatoms. The van der Waals surface area contributed by atoms with Crippen LogP contribution in [-0.2, 0) is 16.1 Å². The molecule has 1 aliphatic carbocycles. The Hall–Kier alpha value is -1.43. The van der Waals surface area contributed by atoms with Gasteiger partial charge in [0.05, 0.1) is 6.54 Å². The van der Waals surface area contributed by atoms with Crippen molar-refractivity contribution in [2.45, 2.75) is 50.7 Å². The summed E-state index contributed by atoms with van der Waals surface area (Å²) in [7, 11) is 1.98. The Morgan fingerprint density at radius 1 is 1.37 bits per heavy atom. The van der Waals surface area contributed by atoms with E-state index in [9.17, 15) is 4.79 Å². The highest BCUT2D eigenvalue weighted by Gasteiger charge is 2.27. The van der Waals surface area contributed by atoms with Crippen molar-refractivity contribution in [3.8, 4) is 0 Å². The van der Waals surface area contributed by atoms with Crippen molar-refractivity contribution in [3.63, 3.8) is 0 Å². The summed E-state index contributed by atoms with van der Waals surface area (Å²) in [6, 6.07) is 0. The lowest BCUT2D eigenvalue weighted by Crippen LogP contribution is -2.29. The molecule has 0 radical (unpaired) electrons. The summed E-state index contributed by atoms with van der Waals surface area (Å²) in [6.45, 7) is 1.35. The minimum absolute atomic E-state index is 0.00973. The fourth-order valence-corrected chi connectivity index (χ4v) is 2.52. The van der Waals surface area contributed by atoms with Gasteiger partial charge in [-0.3, -0.25) is 9.69 Å². The maximum atomic E-state index is 11.0. The van der Waals surface area contributed by atoms with Crippen LogP contribution in [0.1, 0.15) is 49.7 Å². The van der Waals surface area contributed by atoms with Crippen molar-refractivity contribution in [2.24, 2.45) is 0 Å². The number of nitrogens with zero attached hydrogens (tertiary/aromatic N) is 3. The third-order valence-corrected chi connectivity index (χ3v) is 3.83. The van der Waals surface area contributed by atoms with Crippen LogP contribution in [0.5, 0.6) is 0 Å². The van der Waals surface area contributed by atoms with E-state index < -0.39 is 0 Å². The topological polar surface area (TPSA) is 68.5 Å². The molecule has 0 N–H and O–H groups in total. The van der Waals surface area contributed by atoms with Gasteiger partial charge in [-0.05, 0) is 26.3 Å². The van der Waals surface area contributed by atoms with Crippen LogP contribution in [-0.4, -0.2) is 40.7 Å². The van der Waals surface area contributed by atoms with Gasteiger partial charge in [-0.15, -0.1) is 0 Å². The smallest absolute Gasteiger partial charge is 0.306 e. The molecule has 2 heterocycles. The van der Waals surface area contributed by atoms with Crippen LogP contribution in [0, 0.1) is 0 Å². The van der Waals surface area contributed by atoms with E-state index in [0.717, 1.165) is 31.7 Å². The van der Waals surface area contributed by atoms with E-state index in [1.807, 2.05) is 7.05 Å². The molecule has 1 atom stereocenters. The molecule has 0 unspecified atom stereocenters. The van der Waals surface area contributed by atoms with Gasteiger partial charge in [0.25, 0.3) is 0 Å². The summed E-state index contributed by atoms with van der Waals surface area (Å²) < 4.78 is 10.5. The molecule has 19 heavy (non-hydrogen) atoms. The molecule has 1 saturated heterocycles. The molecule has 1 aromatic rings. The lowest BCUT2D eigenvalue weighted by Gasteiger charge is -2.20. The number of aromatic nitrogens is 2. The molecule has 104 valence electrons. The van der Waals surface area contributed by atoms with Crippen LogP contribution in [0.4, 0.5) is 0 Å². The van der Waals surface area contributed by atoms with E-state index in [4.69, 9.17) is 9.26 Å². The Morgan fingerprint density at radius 2 is 2.21 bits per heavy atom. The third kappa shape index (κ3) is 2.94. The van der Waals surface area contributed by atoms with Crippen molar-refractivity contribution < 1.29 is 14.1 Å². The molecular formula is C13H19N3O3. The fourth-order valence-electron chi connectivity index (χ4n) is 2.52. The Morgan fingerprint density at radius 3 is 2.84 bits per heavy atom. The van der Waals surface area contributed by atoms with Crippen LogP contribution in [0.3, 0.4) is 0 Å². The Kier molecular flexibility index (Phi) is 3.50. The maximum absolute atomic E-state index is 11.0. The zero-order valence-corrected chi connectivity index (χ0v) is 11.2. The van der Waals surface area contributed by atoms with Gasteiger partial charge in [0, 0.05) is 18.9 Å². The highest BCUT2D eigenvalue weighted by molar-refractivity contribution is 5.71. The monoisotopic (exact) mass is 265 g/mol. The zero-order chi connectivity index (χ0) is 13.2. The molecule has 0 spiro atoms. The lowest BCUT2D eigenvalue weighted by atomic mass is 9.85. The van der Waals surface area contributed by atoms with E-state index in [0.29, 0.717) is 24.7 Å².